The maximum atomic E-state index is 11.3. The van der Waals surface area contributed by atoms with E-state index in [1.54, 1.807) is 11.3 Å². The van der Waals surface area contributed by atoms with Gasteiger partial charge in [-0.2, -0.15) is 5.14 Å². The fraction of sp³-hybridized carbons (Fsp3) is 0.600. The molecule has 2 unspecified atom stereocenters. The molecule has 0 aromatic carbocycles. The second-order valence-corrected chi connectivity index (χ2v) is 8.50. The molecule has 2 N–H and O–H groups in total. The summed E-state index contributed by atoms with van der Waals surface area (Å²) in [6.45, 7) is 6.04. The minimum atomic E-state index is -1.27. The molecule has 0 saturated heterocycles. The maximum absolute atomic E-state index is 11.3. The maximum Gasteiger partial charge on any atom is 0.140 e. The van der Waals surface area contributed by atoms with E-state index in [1.165, 1.54) is 4.88 Å². The summed E-state index contributed by atoms with van der Waals surface area (Å²) in [5.74, 6) is 0.392. The van der Waals surface area contributed by atoms with Crippen LogP contribution in [0.4, 0.5) is 0 Å². The van der Waals surface area contributed by atoms with Crippen molar-refractivity contribution >= 4 is 38.6 Å². The van der Waals surface area contributed by atoms with Crippen LogP contribution in [0.3, 0.4) is 0 Å². The average Bonchev–Trinajstić information content (AvgIpc) is 2.50. The monoisotopic (exact) mass is 309 g/mol. The van der Waals surface area contributed by atoms with Gasteiger partial charge in [0.15, 0.2) is 0 Å². The number of nitrogens with two attached hydrogens (primary N) is 1. The average molecular weight is 310 g/mol. The van der Waals surface area contributed by atoms with Gasteiger partial charge in [0.05, 0.1) is 3.79 Å². The van der Waals surface area contributed by atoms with Crippen LogP contribution in [0, 0.1) is 0 Å². The van der Waals surface area contributed by atoms with E-state index >= 15 is 0 Å². The Morgan fingerprint density at radius 3 is 2.60 bits per heavy atom. The van der Waals surface area contributed by atoms with Crippen molar-refractivity contribution in [2.24, 2.45) is 5.14 Å². The molecule has 0 aliphatic rings. The van der Waals surface area contributed by atoms with E-state index in [4.69, 9.17) is 5.14 Å². The van der Waals surface area contributed by atoms with Gasteiger partial charge in [0.25, 0.3) is 0 Å². The van der Waals surface area contributed by atoms with Crippen LogP contribution in [0.2, 0.25) is 0 Å². The van der Waals surface area contributed by atoms with Crippen molar-refractivity contribution in [3.8, 4) is 0 Å². The lowest BCUT2D eigenvalue weighted by molar-refractivity contribution is 0.502. The number of halogens is 1. The molecule has 1 aromatic rings. The fourth-order valence-corrected chi connectivity index (χ4v) is 3.40. The van der Waals surface area contributed by atoms with Crippen LogP contribution in [0.1, 0.15) is 38.0 Å². The highest BCUT2D eigenvalue weighted by Crippen LogP contribution is 2.34. The molecule has 0 saturated carbocycles. The lowest BCUT2D eigenvalue weighted by Crippen LogP contribution is -2.38. The van der Waals surface area contributed by atoms with Gasteiger partial charge in [0.2, 0.25) is 0 Å². The molecular formula is C10H16BrNOS2. The predicted octanol–water partition coefficient (Wildman–Crippen LogP) is 3.41. The Bertz CT molecular complexity index is 325. The summed E-state index contributed by atoms with van der Waals surface area (Å²) < 4.78 is 12.1. The minimum Gasteiger partial charge on any atom is -0.598 e. The number of thiophene rings is 1. The van der Waals surface area contributed by atoms with Gasteiger partial charge in [-0.05, 0) is 47.8 Å². The van der Waals surface area contributed by atoms with Crippen LogP contribution < -0.4 is 5.14 Å². The predicted molar refractivity (Wildman–Crippen MR) is 71.5 cm³/mol. The highest BCUT2D eigenvalue weighted by Gasteiger charge is 2.32. The molecule has 1 aromatic heterocycles. The molecule has 2 atom stereocenters. The van der Waals surface area contributed by atoms with Crippen molar-refractivity contribution in [1.82, 2.24) is 0 Å². The van der Waals surface area contributed by atoms with Crippen LogP contribution >= 0.6 is 27.3 Å². The Hall–Kier alpha value is 0.450. The first-order valence-corrected chi connectivity index (χ1v) is 7.56. The Morgan fingerprint density at radius 2 is 2.20 bits per heavy atom. The van der Waals surface area contributed by atoms with Crippen molar-refractivity contribution in [2.45, 2.75) is 37.9 Å². The summed E-state index contributed by atoms with van der Waals surface area (Å²) >= 11 is 3.90. The van der Waals surface area contributed by atoms with Crippen molar-refractivity contribution in [1.29, 1.82) is 0 Å². The standard InChI is InChI=1S/C10H16BrNOS2/c1-7(6-10(2,3)15(12)13)8-4-5-9(11)14-8/h4-5,7H,6,12H2,1-3H3. The van der Waals surface area contributed by atoms with Crippen LogP contribution in [0.15, 0.2) is 15.9 Å². The highest BCUT2D eigenvalue weighted by atomic mass is 79.9. The topological polar surface area (TPSA) is 49.1 Å². The van der Waals surface area contributed by atoms with E-state index in [0.717, 1.165) is 10.2 Å². The minimum absolute atomic E-state index is 0.324. The Labute approximate surface area is 107 Å². The first kappa shape index (κ1) is 13.5. The normalized spacial score (nSPS) is 16.4. The molecule has 0 aliphatic heterocycles. The molecule has 5 heteroatoms. The molecule has 2 nitrogen and oxygen atoms in total. The molecule has 0 radical (unpaired) electrons. The SMILES string of the molecule is CC(CC(C)(C)[S+](N)[O-])c1ccc(Br)s1. The lowest BCUT2D eigenvalue weighted by Gasteiger charge is -2.26. The Morgan fingerprint density at radius 1 is 1.60 bits per heavy atom. The van der Waals surface area contributed by atoms with Crippen molar-refractivity contribution in [3.63, 3.8) is 0 Å². The first-order chi connectivity index (χ1) is 6.83. The second-order valence-electron chi connectivity index (χ2n) is 4.30. The van der Waals surface area contributed by atoms with Gasteiger partial charge in [-0.25, -0.2) is 0 Å². The Balaban J connectivity index is 2.67. The van der Waals surface area contributed by atoms with Crippen molar-refractivity contribution < 1.29 is 4.55 Å². The summed E-state index contributed by atoms with van der Waals surface area (Å²) in [7, 11) is 0. The summed E-state index contributed by atoms with van der Waals surface area (Å²) in [4.78, 5) is 1.31. The van der Waals surface area contributed by atoms with Gasteiger partial charge in [-0.1, -0.05) is 6.92 Å². The second kappa shape index (κ2) is 5.19. The molecule has 86 valence electrons. The Kier molecular flexibility index (Phi) is 4.67. The number of rotatable bonds is 4. The molecule has 15 heavy (non-hydrogen) atoms. The van der Waals surface area contributed by atoms with E-state index in [1.807, 2.05) is 19.9 Å². The third kappa shape index (κ3) is 3.75. The number of hydrogen-bond acceptors (Lipinski definition) is 3. The third-order valence-corrected chi connectivity index (χ3v) is 5.53. The summed E-state index contributed by atoms with van der Waals surface area (Å²) in [5.41, 5.74) is 0. The third-order valence-electron chi connectivity index (χ3n) is 2.42. The van der Waals surface area contributed by atoms with E-state index in [2.05, 4.69) is 28.9 Å². The van der Waals surface area contributed by atoms with Crippen LogP contribution in [-0.4, -0.2) is 9.30 Å². The summed E-state index contributed by atoms with van der Waals surface area (Å²) in [6.07, 6.45) is 0.836. The zero-order valence-corrected chi connectivity index (χ0v) is 12.3. The van der Waals surface area contributed by atoms with E-state index in [-0.39, 0.29) is 4.75 Å². The van der Waals surface area contributed by atoms with Crippen LogP contribution in [0.5, 0.6) is 0 Å². The summed E-state index contributed by atoms with van der Waals surface area (Å²) in [6, 6.07) is 4.15. The quantitative estimate of drug-likeness (QED) is 0.867. The molecule has 0 spiro atoms. The van der Waals surface area contributed by atoms with Crippen LogP contribution in [-0.2, 0) is 11.4 Å². The molecule has 0 aliphatic carbocycles. The zero-order chi connectivity index (χ0) is 11.6. The van der Waals surface area contributed by atoms with Gasteiger partial charge < -0.3 is 4.55 Å². The van der Waals surface area contributed by atoms with Crippen molar-refractivity contribution in [3.05, 3.63) is 20.8 Å². The first-order valence-electron chi connectivity index (χ1n) is 4.74. The highest BCUT2D eigenvalue weighted by molar-refractivity contribution is 9.11. The van der Waals surface area contributed by atoms with E-state index in [9.17, 15) is 4.55 Å². The van der Waals surface area contributed by atoms with Crippen molar-refractivity contribution in [2.75, 3.05) is 0 Å². The van der Waals surface area contributed by atoms with Gasteiger partial charge in [0.1, 0.15) is 4.75 Å². The molecule has 1 heterocycles. The molecule has 0 bridgehead atoms. The van der Waals surface area contributed by atoms with Gasteiger partial charge in [-0.3, -0.25) is 0 Å². The zero-order valence-electron chi connectivity index (χ0n) is 9.12. The smallest absolute Gasteiger partial charge is 0.140 e. The molecular weight excluding hydrogens is 294 g/mol. The van der Waals surface area contributed by atoms with E-state index < -0.39 is 11.4 Å². The summed E-state index contributed by atoms with van der Waals surface area (Å²) in [5, 5.41) is 5.47. The lowest BCUT2D eigenvalue weighted by atomic mass is 9.97. The molecule has 0 fully saturated rings. The molecule has 0 amide bonds. The number of hydrogen-bond donors (Lipinski definition) is 1. The van der Waals surface area contributed by atoms with Crippen LogP contribution in [0.25, 0.3) is 0 Å². The molecule has 1 rings (SSSR count). The largest absolute Gasteiger partial charge is 0.598 e. The van der Waals surface area contributed by atoms with Gasteiger partial charge in [0, 0.05) is 22.7 Å². The van der Waals surface area contributed by atoms with Gasteiger partial charge >= 0.3 is 0 Å². The van der Waals surface area contributed by atoms with E-state index in [0.29, 0.717) is 5.92 Å². The fourth-order valence-electron chi connectivity index (χ4n) is 1.51. The van der Waals surface area contributed by atoms with Gasteiger partial charge in [-0.15, -0.1) is 11.3 Å².